The van der Waals surface area contributed by atoms with Crippen molar-refractivity contribution in [3.63, 3.8) is 0 Å². The van der Waals surface area contributed by atoms with Gasteiger partial charge < -0.3 is 14.6 Å². The fourth-order valence-electron chi connectivity index (χ4n) is 2.86. The molecule has 0 bridgehead atoms. The molecular weight excluding hydrogens is 276 g/mol. The molecular formula is C17H18N4O. The smallest absolute Gasteiger partial charge is 0.156 e. The van der Waals surface area contributed by atoms with Crippen LogP contribution in [0.3, 0.4) is 0 Å². The molecule has 1 aliphatic rings. The van der Waals surface area contributed by atoms with Crippen LogP contribution in [0.1, 0.15) is 5.56 Å². The number of aromatic nitrogens is 3. The number of morpholine rings is 1. The molecule has 0 atom stereocenters. The van der Waals surface area contributed by atoms with Gasteiger partial charge in [0.2, 0.25) is 0 Å². The number of H-pyrrole nitrogens is 1. The maximum absolute atomic E-state index is 5.42. The monoisotopic (exact) mass is 294 g/mol. The number of aromatic amines is 1. The van der Waals surface area contributed by atoms with E-state index in [9.17, 15) is 0 Å². The van der Waals surface area contributed by atoms with Crippen LogP contribution >= 0.6 is 0 Å². The lowest BCUT2D eigenvalue weighted by Gasteiger charge is -2.27. The number of anilines is 1. The molecule has 22 heavy (non-hydrogen) atoms. The quantitative estimate of drug-likeness (QED) is 0.789. The summed E-state index contributed by atoms with van der Waals surface area (Å²) in [7, 11) is 0. The summed E-state index contributed by atoms with van der Waals surface area (Å²) >= 11 is 0. The van der Waals surface area contributed by atoms with Gasteiger partial charge in [0, 0.05) is 24.8 Å². The second kappa shape index (κ2) is 5.42. The van der Waals surface area contributed by atoms with Gasteiger partial charge in [-0.25, -0.2) is 9.97 Å². The third-order valence-electron chi connectivity index (χ3n) is 3.98. The molecule has 0 amide bonds. The van der Waals surface area contributed by atoms with Crippen LogP contribution in [-0.2, 0) is 4.74 Å². The molecule has 112 valence electrons. The third kappa shape index (κ3) is 2.33. The molecule has 1 saturated heterocycles. The lowest BCUT2D eigenvalue weighted by Crippen LogP contribution is -2.36. The van der Waals surface area contributed by atoms with E-state index in [4.69, 9.17) is 9.72 Å². The lowest BCUT2D eigenvalue weighted by atomic mass is 10.1. The van der Waals surface area contributed by atoms with Gasteiger partial charge >= 0.3 is 0 Å². The number of ether oxygens (including phenoxy) is 1. The summed E-state index contributed by atoms with van der Waals surface area (Å²) in [6.07, 6.45) is 1.84. The number of aryl methyl sites for hydroxylation is 1. The number of imidazole rings is 1. The van der Waals surface area contributed by atoms with Gasteiger partial charge in [-0.05, 0) is 19.1 Å². The lowest BCUT2D eigenvalue weighted by molar-refractivity contribution is 0.122. The number of pyridine rings is 1. The minimum absolute atomic E-state index is 0.743. The average molecular weight is 294 g/mol. The third-order valence-corrected chi connectivity index (χ3v) is 3.98. The van der Waals surface area contributed by atoms with Gasteiger partial charge in [-0.1, -0.05) is 23.8 Å². The van der Waals surface area contributed by atoms with Crippen molar-refractivity contribution in [1.29, 1.82) is 0 Å². The number of nitrogens with zero attached hydrogens (tertiary/aromatic N) is 3. The SMILES string of the molecule is Cc1cccc(-c2nc3c(N4CCOCC4)nccc3[nH]2)c1. The second-order valence-electron chi connectivity index (χ2n) is 5.59. The van der Waals surface area contributed by atoms with E-state index in [0.717, 1.165) is 54.5 Å². The Morgan fingerprint density at radius 2 is 2.05 bits per heavy atom. The van der Waals surface area contributed by atoms with E-state index >= 15 is 0 Å². The summed E-state index contributed by atoms with van der Waals surface area (Å²) in [5, 5.41) is 0. The molecule has 3 aromatic rings. The summed E-state index contributed by atoms with van der Waals surface area (Å²) in [6, 6.07) is 10.3. The van der Waals surface area contributed by atoms with E-state index in [1.165, 1.54) is 5.56 Å². The number of hydrogen-bond acceptors (Lipinski definition) is 4. The summed E-state index contributed by atoms with van der Waals surface area (Å²) in [5.74, 6) is 1.83. The maximum Gasteiger partial charge on any atom is 0.156 e. The van der Waals surface area contributed by atoms with E-state index in [2.05, 4.69) is 46.1 Å². The van der Waals surface area contributed by atoms with Crippen LogP contribution < -0.4 is 4.90 Å². The van der Waals surface area contributed by atoms with Gasteiger partial charge in [-0.15, -0.1) is 0 Å². The Morgan fingerprint density at radius 1 is 1.18 bits per heavy atom. The standard InChI is InChI=1S/C17H18N4O/c1-12-3-2-4-13(11-12)16-19-14-5-6-18-17(15(14)20-16)21-7-9-22-10-8-21/h2-6,11H,7-10H2,1H3,(H,19,20). The molecule has 5 nitrogen and oxygen atoms in total. The Hall–Kier alpha value is -2.40. The first kappa shape index (κ1) is 13.3. The molecule has 0 saturated carbocycles. The minimum atomic E-state index is 0.743. The van der Waals surface area contributed by atoms with Crippen molar-refractivity contribution >= 4 is 16.9 Å². The molecule has 0 unspecified atom stereocenters. The predicted octanol–water partition coefficient (Wildman–Crippen LogP) is 2.77. The Labute approximate surface area is 129 Å². The Morgan fingerprint density at radius 3 is 2.86 bits per heavy atom. The largest absolute Gasteiger partial charge is 0.378 e. The minimum Gasteiger partial charge on any atom is -0.378 e. The van der Waals surface area contributed by atoms with E-state index in [1.807, 2.05) is 12.3 Å². The zero-order valence-corrected chi connectivity index (χ0v) is 12.5. The predicted molar refractivity (Wildman–Crippen MR) is 87.1 cm³/mol. The first-order valence-electron chi connectivity index (χ1n) is 7.56. The first-order valence-corrected chi connectivity index (χ1v) is 7.56. The van der Waals surface area contributed by atoms with Crippen LogP contribution in [0.2, 0.25) is 0 Å². The highest BCUT2D eigenvalue weighted by Gasteiger charge is 2.17. The van der Waals surface area contributed by atoms with Crippen molar-refractivity contribution in [3.8, 4) is 11.4 Å². The van der Waals surface area contributed by atoms with Gasteiger partial charge in [0.05, 0.1) is 18.7 Å². The molecule has 5 heteroatoms. The number of nitrogens with one attached hydrogen (secondary N) is 1. The maximum atomic E-state index is 5.42. The number of benzene rings is 1. The van der Waals surface area contributed by atoms with Crippen LogP contribution in [-0.4, -0.2) is 41.3 Å². The molecule has 4 rings (SSSR count). The molecule has 1 aromatic carbocycles. The summed E-state index contributed by atoms with van der Waals surface area (Å²) in [4.78, 5) is 15.0. The molecule has 0 radical (unpaired) electrons. The molecule has 1 fully saturated rings. The second-order valence-corrected chi connectivity index (χ2v) is 5.59. The van der Waals surface area contributed by atoms with Gasteiger partial charge in [0.15, 0.2) is 5.82 Å². The number of fused-ring (bicyclic) bond motifs is 1. The van der Waals surface area contributed by atoms with Crippen molar-refractivity contribution in [1.82, 2.24) is 15.0 Å². The van der Waals surface area contributed by atoms with Crippen LogP contribution in [0.25, 0.3) is 22.4 Å². The number of hydrogen-bond donors (Lipinski definition) is 1. The number of rotatable bonds is 2. The highest BCUT2D eigenvalue weighted by atomic mass is 16.5. The van der Waals surface area contributed by atoms with Gasteiger partial charge in [-0.2, -0.15) is 0 Å². The van der Waals surface area contributed by atoms with E-state index in [-0.39, 0.29) is 0 Å². The van der Waals surface area contributed by atoms with Crippen LogP contribution in [0, 0.1) is 6.92 Å². The van der Waals surface area contributed by atoms with Crippen molar-refractivity contribution in [3.05, 3.63) is 42.1 Å². The van der Waals surface area contributed by atoms with E-state index in [0.29, 0.717) is 0 Å². The zero-order valence-electron chi connectivity index (χ0n) is 12.5. The Bertz CT molecular complexity index is 805. The molecule has 1 N–H and O–H groups in total. The molecule has 1 aliphatic heterocycles. The van der Waals surface area contributed by atoms with Crippen molar-refractivity contribution in [2.24, 2.45) is 0 Å². The topological polar surface area (TPSA) is 54.0 Å². The summed E-state index contributed by atoms with van der Waals surface area (Å²) < 4.78 is 5.42. The Kier molecular flexibility index (Phi) is 3.27. The fraction of sp³-hybridized carbons (Fsp3) is 0.294. The van der Waals surface area contributed by atoms with Crippen molar-refractivity contribution in [2.45, 2.75) is 6.92 Å². The highest BCUT2D eigenvalue weighted by Crippen LogP contribution is 2.27. The highest BCUT2D eigenvalue weighted by molar-refractivity contribution is 5.88. The Balaban J connectivity index is 1.80. The molecule has 2 aromatic heterocycles. The van der Waals surface area contributed by atoms with Gasteiger partial charge in [0.25, 0.3) is 0 Å². The summed E-state index contributed by atoms with van der Waals surface area (Å²) in [6.45, 7) is 5.30. The zero-order chi connectivity index (χ0) is 14.9. The van der Waals surface area contributed by atoms with Crippen LogP contribution in [0.5, 0.6) is 0 Å². The van der Waals surface area contributed by atoms with Crippen LogP contribution in [0.4, 0.5) is 5.82 Å². The van der Waals surface area contributed by atoms with Crippen molar-refractivity contribution in [2.75, 3.05) is 31.2 Å². The van der Waals surface area contributed by atoms with Gasteiger partial charge in [0.1, 0.15) is 11.3 Å². The van der Waals surface area contributed by atoms with Crippen molar-refractivity contribution < 1.29 is 4.74 Å². The normalized spacial score (nSPS) is 15.4. The van der Waals surface area contributed by atoms with E-state index < -0.39 is 0 Å². The molecule has 0 aliphatic carbocycles. The average Bonchev–Trinajstić information content (AvgIpc) is 3.00. The van der Waals surface area contributed by atoms with Gasteiger partial charge in [-0.3, -0.25) is 0 Å². The molecule has 0 spiro atoms. The van der Waals surface area contributed by atoms with E-state index in [1.54, 1.807) is 0 Å². The summed E-state index contributed by atoms with van der Waals surface area (Å²) in [5.41, 5.74) is 4.28. The fourth-order valence-corrected chi connectivity index (χ4v) is 2.86. The molecule has 3 heterocycles. The first-order chi connectivity index (χ1) is 10.8. The van der Waals surface area contributed by atoms with Crippen LogP contribution in [0.15, 0.2) is 36.5 Å².